The molecule has 2 rings (SSSR count). The number of aliphatic hydroxyl groups is 1. The van der Waals surface area contributed by atoms with Crippen molar-refractivity contribution < 1.29 is 76.6 Å². The fraction of sp³-hybridized carbons (Fsp3) is 0.745. The molecular weight excluding hydrogens is 1010 g/mol. The van der Waals surface area contributed by atoms with Crippen LogP contribution in [-0.2, 0) is 73.1 Å². The quantitative estimate of drug-likeness (QED) is 0.0323. The number of likely N-dealkylation sites (N-methyl/N-ethyl adjacent to an activating group) is 1. The third-order valence-electron chi connectivity index (χ3n) is 14.2. The number of ether oxygens (including phenoxy) is 7. The van der Waals surface area contributed by atoms with E-state index in [2.05, 4.69) is 21.3 Å². The Morgan fingerprint density at radius 3 is 2.05 bits per heavy atom. The second-order valence-electron chi connectivity index (χ2n) is 20.8. The molecule has 1 aliphatic heterocycles. The Hall–Kier alpha value is -5.46. The maximum absolute atomic E-state index is 14.4. The number of amides is 6. The summed E-state index contributed by atoms with van der Waals surface area (Å²) in [6.07, 6.45) is -3.90. The summed E-state index contributed by atoms with van der Waals surface area (Å²) in [4.78, 5) is 111. The number of nitrogens with zero attached hydrogens (tertiary/aromatic N) is 2. The number of hydrogen-bond acceptors (Lipinski definition) is 17. The van der Waals surface area contributed by atoms with Gasteiger partial charge in [-0.25, -0.2) is 9.59 Å². The van der Waals surface area contributed by atoms with E-state index in [1.807, 2.05) is 78.8 Å². The van der Waals surface area contributed by atoms with Crippen LogP contribution in [0.5, 0.6) is 0 Å². The zero-order valence-electron chi connectivity index (χ0n) is 48.6. The summed E-state index contributed by atoms with van der Waals surface area (Å²) in [6.45, 7) is 17.2. The van der Waals surface area contributed by atoms with Crippen LogP contribution < -0.4 is 27.0 Å². The molecule has 2 unspecified atom stereocenters. The number of benzene rings is 1. The Morgan fingerprint density at radius 1 is 0.821 bits per heavy atom. The van der Waals surface area contributed by atoms with Crippen LogP contribution in [0.3, 0.4) is 0 Å². The van der Waals surface area contributed by atoms with Crippen molar-refractivity contribution in [1.29, 1.82) is 0 Å². The lowest BCUT2D eigenvalue weighted by Gasteiger charge is -2.41. The van der Waals surface area contributed by atoms with Gasteiger partial charge in [0, 0.05) is 47.9 Å². The Balaban J connectivity index is 2.11. The van der Waals surface area contributed by atoms with Crippen molar-refractivity contribution in [2.24, 2.45) is 29.4 Å². The van der Waals surface area contributed by atoms with E-state index in [0.717, 1.165) is 5.56 Å². The largest absolute Gasteiger partial charge is 0.458 e. The number of likely N-dealkylation sites (tertiary alicyclic amines) is 1. The predicted octanol–water partition coefficient (Wildman–Crippen LogP) is 2.61. The van der Waals surface area contributed by atoms with Crippen molar-refractivity contribution in [3.05, 3.63) is 35.9 Å². The minimum absolute atomic E-state index is 0.0798. The van der Waals surface area contributed by atoms with E-state index in [9.17, 15) is 43.5 Å². The minimum Gasteiger partial charge on any atom is -0.458 e. The number of methoxy groups -OCH3 is 3. The highest BCUT2D eigenvalue weighted by Crippen LogP contribution is 2.30. The van der Waals surface area contributed by atoms with Crippen molar-refractivity contribution in [2.75, 3.05) is 61.2 Å². The van der Waals surface area contributed by atoms with Gasteiger partial charge in [-0.15, -0.1) is 0 Å². The first-order valence-corrected chi connectivity index (χ1v) is 27.3. The van der Waals surface area contributed by atoms with Crippen molar-refractivity contribution in [3.8, 4) is 0 Å². The summed E-state index contributed by atoms with van der Waals surface area (Å²) in [5.74, 6) is -5.11. The zero-order chi connectivity index (χ0) is 58.8. The highest BCUT2D eigenvalue weighted by Gasteiger charge is 2.43. The number of carbonyl (C=O) groups excluding carboxylic acids is 8. The highest BCUT2D eigenvalue weighted by molar-refractivity contribution is 5.91. The van der Waals surface area contributed by atoms with Crippen LogP contribution in [0.25, 0.3) is 0 Å². The molecule has 0 spiro atoms. The number of rotatable bonds is 35. The SMILES string of the molecule is CCC(CO)OC(COC(=O)NCCC(=O)O[C@@H](C)C(=O)O[C@@H](C)CNC(=O)[C@H](Cc1ccccc1)NC(=O)[C@H](C)[C@@H](OC)[C@@H]1CCCN1C(=O)C[C@@H](OC)[C@H]([C@@H](C)CC)N(C)C(=O)[C@@H](NC(=O)[C@@H](N)C(C)C)C(C)C)OC. The summed E-state index contributed by atoms with van der Waals surface area (Å²) >= 11 is 0. The molecule has 23 nitrogen and oxygen atoms in total. The number of esters is 2. The molecule has 0 radical (unpaired) electrons. The molecule has 0 saturated carbocycles. The summed E-state index contributed by atoms with van der Waals surface area (Å²) in [5, 5.41) is 20.2. The van der Waals surface area contributed by atoms with Crippen molar-refractivity contribution in [1.82, 2.24) is 31.1 Å². The van der Waals surface area contributed by atoms with Crippen molar-refractivity contribution >= 4 is 47.6 Å². The molecule has 0 bridgehead atoms. The zero-order valence-corrected chi connectivity index (χ0v) is 48.6. The third-order valence-corrected chi connectivity index (χ3v) is 14.2. The van der Waals surface area contributed by atoms with Crippen LogP contribution in [0.2, 0.25) is 0 Å². The van der Waals surface area contributed by atoms with Crippen LogP contribution in [0.4, 0.5) is 4.79 Å². The molecule has 444 valence electrons. The van der Waals surface area contributed by atoms with E-state index in [1.54, 1.807) is 23.8 Å². The Bertz CT molecular complexity index is 2030. The van der Waals surface area contributed by atoms with Gasteiger partial charge in [-0.3, -0.25) is 28.8 Å². The standard InChI is InChI=1S/C55H93N7O16/c1-15-34(7)48(61(11)53(69)47(33(5)6)60-52(68)46(56)32(3)4)42(72-12)28-43(64)62-26-20-23-41(62)49(74-14)36(9)50(66)59-40(27-38-21-18-17-19-22-38)51(67)58-29-35(8)76-54(70)37(10)77-44(65)24-25-57-55(71)75-31-45(73-13)78-39(16-2)30-63/h17-19,21-22,32-37,39-42,45-49,63H,15-16,20,23-31,56H2,1-14H3,(H,57,71)(H,58,67)(H,59,66)(H,60,68)/t34-,35-,36+,37-,39?,40-,41-,42+,45?,46-,47-,48-,49+/m0/s1. The fourth-order valence-electron chi connectivity index (χ4n) is 9.07. The molecule has 1 aliphatic rings. The lowest BCUT2D eigenvalue weighted by molar-refractivity contribution is -0.181. The van der Waals surface area contributed by atoms with Gasteiger partial charge in [0.05, 0.1) is 68.3 Å². The molecular formula is C55H93N7O16. The molecule has 1 fully saturated rings. The molecule has 0 aromatic heterocycles. The molecule has 6 amide bonds. The van der Waals surface area contributed by atoms with E-state index >= 15 is 0 Å². The monoisotopic (exact) mass is 1110 g/mol. The molecule has 78 heavy (non-hydrogen) atoms. The van der Waals surface area contributed by atoms with Gasteiger partial charge >= 0.3 is 18.0 Å². The summed E-state index contributed by atoms with van der Waals surface area (Å²) < 4.78 is 38.3. The minimum atomic E-state index is -1.33. The number of nitrogens with two attached hydrogens (primary N) is 1. The maximum atomic E-state index is 14.4. The summed E-state index contributed by atoms with van der Waals surface area (Å²) in [7, 11) is 6.00. The first-order valence-electron chi connectivity index (χ1n) is 27.3. The van der Waals surface area contributed by atoms with E-state index in [0.29, 0.717) is 32.2 Å². The second kappa shape index (κ2) is 35.2. The molecule has 1 heterocycles. The van der Waals surface area contributed by atoms with Crippen LogP contribution in [0, 0.1) is 23.7 Å². The third kappa shape index (κ3) is 22.0. The second-order valence-corrected chi connectivity index (χ2v) is 20.8. The normalized spacial score (nSPS) is 18.1. The average molecular weight is 1110 g/mol. The molecule has 1 aromatic rings. The van der Waals surface area contributed by atoms with Gasteiger partial charge in [0.1, 0.15) is 24.8 Å². The fourth-order valence-corrected chi connectivity index (χ4v) is 9.07. The number of aliphatic hydroxyl groups excluding tert-OH is 1. The van der Waals surface area contributed by atoms with Gasteiger partial charge in [0.25, 0.3) is 0 Å². The number of nitrogens with one attached hydrogen (secondary N) is 4. The molecule has 23 heteroatoms. The van der Waals surface area contributed by atoms with E-state index in [4.69, 9.17) is 38.9 Å². The van der Waals surface area contributed by atoms with E-state index in [-0.39, 0.29) is 75.1 Å². The van der Waals surface area contributed by atoms with Gasteiger partial charge in [0.2, 0.25) is 29.5 Å². The number of carbonyl (C=O) groups is 8. The Morgan fingerprint density at radius 2 is 1.49 bits per heavy atom. The van der Waals surface area contributed by atoms with Gasteiger partial charge in [-0.1, -0.05) is 92.1 Å². The molecule has 13 atom stereocenters. The number of alkyl carbamates (subject to hydrolysis) is 1. The lowest BCUT2D eigenvalue weighted by Crippen LogP contribution is -2.59. The lowest BCUT2D eigenvalue weighted by atomic mass is 9.89. The van der Waals surface area contributed by atoms with Gasteiger partial charge in [0.15, 0.2) is 12.4 Å². The smallest absolute Gasteiger partial charge is 0.407 e. The van der Waals surface area contributed by atoms with Crippen molar-refractivity contribution in [3.63, 3.8) is 0 Å². The Kier molecular flexibility index (Phi) is 31.0. The van der Waals surface area contributed by atoms with Crippen LogP contribution >= 0.6 is 0 Å². The van der Waals surface area contributed by atoms with Crippen molar-refractivity contribution in [2.45, 2.75) is 181 Å². The first kappa shape index (κ1) is 68.6. The van der Waals surface area contributed by atoms with Gasteiger partial charge in [-0.2, -0.15) is 0 Å². The Labute approximate surface area is 461 Å². The number of hydrogen-bond donors (Lipinski definition) is 6. The first-order chi connectivity index (χ1) is 36.9. The molecule has 0 aliphatic carbocycles. The van der Waals surface area contributed by atoms with Gasteiger partial charge in [-0.05, 0) is 56.4 Å². The molecule has 7 N–H and O–H groups in total. The van der Waals surface area contributed by atoms with Crippen LogP contribution in [0.1, 0.15) is 113 Å². The van der Waals surface area contributed by atoms with Gasteiger partial charge < -0.3 is 75.1 Å². The van der Waals surface area contributed by atoms with Crippen LogP contribution in [-0.4, -0.2) is 191 Å². The topological polar surface area (TPSA) is 302 Å². The summed E-state index contributed by atoms with van der Waals surface area (Å²) in [6, 6.07) is 5.26. The highest BCUT2D eigenvalue weighted by atomic mass is 16.7. The average Bonchev–Trinajstić information content (AvgIpc) is 3.90. The molecule has 1 saturated heterocycles. The summed E-state index contributed by atoms with van der Waals surface area (Å²) in [5.41, 5.74) is 6.89. The van der Waals surface area contributed by atoms with E-state index in [1.165, 1.54) is 35.2 Å². The van der Waals surface area contributed by atoms with Crippen LogP contribution in [0.15, 0.2) is 30.3 Å². The molecule has 1 aromatic carbocycles. The maximum Gasteiger partial charge on any atom is 0.407 e. The predicted molar refractivity (Wildman–Crippen MR) is 289 cm³/mol. The van der Waals surface area contributed by atoms with E-state index < -0.39 is 109 Å².